The zero-order valence-electron chi connectivity index (χ0n) is 16.7. The van der Waals surface area contributed by atoms with Crippen LogP contribution in [-0.2, 0) is 32.6 Å². The fraction of sp³-hybridized carbons (Fsp3) is 0.526. The maximum atomic E-state index is 4.80. The van der Waals surface area contributed by atoms with E-state index in [0.29, 0.717) is 0 Å². The molecule has 3 aromatic rings. The minimum Gasteiger partial charge on any atom is -0.329 e. The first-order valence-electron chi connectivity index (χ1n) is 9.49. The van der Waals surface area contributed by atoms with Gasteiger partial charge in [-0.05, 0) is 51.8 Å². The van der Waals surface area contributed by atoms with Gasteiger partial charge in [0.25, 0.3) is 0 Å². The van der Waals surface area contributed by atoms with Crippen LogP contribution in [0.15, 0.2) is 18.5 Å². The number of nitrogens with zero attached hydrogens (tertiary/aromatic N) is 6. The van der Waals surface area contributed by atoms with E-state index >= 15 is 0 Å². The van der Waals surface area contributed by atoms with Gasteiger partial charge in [-0.1, -0.05) is 0 Å². The second kappa shape index (κ2) is 9.58. The normalized spacial score (nSPS) is 13.4. The summed E-state index contributed by atoms with van der Waals surface area (Å²) >= 11 is 0. The van der Waals surface area contributed by atoms with E-state index in [-0.39, 0.29) is 24.8 Å². The maximum absolute atomic E-state index is 4.80. The quantitative estimate of drug-likeness (QED) is 0.681. The molecule has 0 amide bonds. The Bertz CT molecular complexity index is 886. The Morgan fingerprint density at radius 1 is 1.18 bits per heavy atom. The Morgan fingerprint density at radius 3 is 2.75 bits per heavy atom. The average Bonchev–Trinajstić information content (AvgIpc) is 3.28. The van der Waals surface area contributed by atoms with Crippen LogP contribution in [0.2, 0.25) is 0 Å². The lowest BCUT2D eigenvalue weighted by molar-refractivity contribution is 0.587. The summed E-state index contributed by atoms with van der Waals surface area (Å²) in [6.07, 6.45) is 5.99. The Morgan fingerprint density at radius 2 is 2.00 bits per heavy atom. The molecule has 4 heterocycles. The van der Waals surface area contributed by atoms with Gasteiger partial charge in [0.1, 0.15) is 5.69 Å². The van der Waals surface area contributed by atoms with Crippen LogP contribution in [0.5, 0.6) is 0 Å². The molecule has 0 saturated carbocycles. The van der Waals surface area contributed by atoms with Crippen LogP contribution in [0.25, 0.3) is 11.5 Å². The highest BCUT2D eigenvalue weighted by Crippen LogP contribution is 2.21. The summed E-state index contributed by atoms with van der Waals surface area (Å²) in [7, 11) is 0. The van der Waals surface area contributed by atoms with Gasteiger partial charge in [-0.2, -0.15) is 10.2 Å². The molecule has 0 aliphatic carbocycles. The second-order valence-electron chi connectivity index (χ2n) is 6.93. The lowest BCUT2D eigenvalue weighted by Crippen LogP contribution is -2.11. The molecular formula is C19H29Cl2N7. The fourth-order valence-electron chi connectivity index (χ4n) is 3.83. The third-order valence-corrected chi connectivity index (χ3v) is 5.27. The van der Waals surface area contributed by atoms with Gasteiger partial charge in [-0.25, -0.2) is 4.98 Å². The van der Waals surface area contributed by atoms with Crippen LogP contribution in [0.1, 0.15) is 36.0 Å². The van der Waals surface area contributed by atoms with Gasteiger partial charge in [0.15, 0.2) is 5.82 Å². The zero-order valence-corrected chi connectivity index (χ0v) is 18.3. The fourth-order valence-corrected chi connectivity index (χ4v) is 3.83. The van der Waals surface area contributed by atoms with E-state index in [0.717, 1.165) is 62.8 Å². The summed E-state index contributed by atoms with van der Waals surface area (Å²) in [5.74, 6) is 0.948. The first kappa shape index (κ1) is 22.5. The summed E-state index contributed by atoms with van der Waals surface area (Å²) in [6, 6.07) is 2.17. The Kier molecular flexibility index (Phi) is 7.69. The van der Waals surface area contributed by atoms with Gasteiger partial charge < -0.3 is 9.88 Å². The molecule has 0 saturated heterocycles. The van der Waals surface area contributed by atoms with E-state index < -0.39 is 0 Å². The summed E-state index contributed by atoms with van der Waals surface area (Å²) < 4.78 is 6.41. The van der Waals surface area contributed by atoms with Crippen molar-refractivity contribution in [1.29, 1.82) is 0 Å². The summed E-state index contributed by atoms with van der Waals surface area (Å²) in [5, 5.41) is 12.9. The van der Waals surface area contributed by atoms with Crippen molar-refractivity contribution in [2.45, 2.75) is 59.8 Å². The predicted molar refractivity (Wildman–Crippen MR) is 115 cm³/mol. The number of fused-ring (bicyclic) bond motifs is 1. The Labute approximate surface area is 178 Å². The molecule has 1 aliphatic rings. The number of rotatable bonds is 5. The number of halogens is 2. The van der Waals surface area contributed by atoms with E-state index in [1.807, 2.05) is 12.4 Å². The molecule has 0 bridgehead atoms. The molecule has 0 spiro atoms. The number of hydrogen-bond acceptors (Lipinski definition) is 4. The van der Waals surface area contributed by atoms with E-state index in [4.69, 9.17) is 5.10 Å². The molecule has 7 nitrogen and oxygen atoms in total. The third-order valence-electron chi connectivity index (χ3n) is 5.27. The molecule has 0 aromatic carbocycles. The van der Waals surface area contributed by atoms with Crippen molar-refractivity contribution in [2.75, 3.05) is 6.54 Å². The molecule has 1 N–H and O–H groups in total. The van der Waals surface area contributed by atoms with Crippen LogP contribution < -0.4 is 5.32 Å². The number of imidazole rings is 1. The van der Waals surface area contributed by atoms with Crippen molar-refractivity contribution < 1.29 is 0 Å². The predicted octanol–water partition coefficient (Wildman–Crippen LogP) is 3.16. The highest BCUT2D eigenvalue weighted by Gasteiger charge is 2.16. The first-order chi connectivity index (χ1) is 12.7. The SMILES string of the molecule is CCn1nc(C)c(CCn2ccnc2-c2cc3n(n2)CCCNC3)c1C.Cl.Cl. The standard InChI is InChI=1S/C19H27N7.2ClH/c1-4-25-15(3)17(14(2)22-25)6-10-24-11-8-21-19(24)18-12-16-13-20-7-5-9-26(16)23-18;;/h8,11-12,20H,4-7,9-10,13H2,1-3H3;2*1H. The smallest absolute Gasteiger partial charge is 0.160 e. The second-order valence-corrected chi connectivity index (χ2v) is 6.93. The van der Waals surface area contributed by atoms with Gasteiger partial charge >= 0.3 is 0 Å². The van der Waals surface area contributed by atoms with Crippen LogP contribution in [0.3, 0.4) is 0 Å². The number of nitrogens with one attached hydrogen (secondary N) is 1. The van der Waals surface area contributed by atoms with Crippen molar-refractivity contribution in [3.05, 3.63) is 41.1 Å². The van der Waals surface area contributed by atoms with E-state index in [2.05, 4.69) is 56.2 Å². The summed E-state index contributed by atoms with van der Waals surface area (Å²) in [5.41, 5.74) is 5.95. The molecule has 1 aliphatic heterocycles. The molecule has 4 rings (SSSR count). The summed E-state index contributed by atoms with van der Waals surface area (Å²) in [6.45, 7) is 11.1. The van der Waals surface area contributed by atoms with Crippen LogP contribution in [0.4, 0.5) is 0 Å². The van der Waals surface area contributed by atoms with Crippen LogP contribution in [-0.4, -0.2) is 35.7 Å². The van der Waals surface area contributed by atoms with Gasteiger partial charge in [0, 0.05) is 44.3 Å². The molecule has 9 heteroatoms. The lowest BCUT2D eigenvalue weighted by atomic mass is 10.1. The van der Waals surface area contributed by atoms with Crippen molar-refractivity contribution in [2.24, 2.45) is 0 Å². The molecule has 3 aromatic heterocycles. The largest absolute Gasteiger partial charge is 0.329 e. The average molecular weight is 426 g/mol. The highest BCUT2D eigenvalue weighted by molar-refractivity contribution is 5.85. The van der Waals surface area contributed by atoms with Crippen molar-refractivity contribution >= 4 is 24.8 Å². The van der Waals surface area contributed by atoms with Gasteiger partial charge in [-0.15, -0.1) is 24.8 Å². The molecule has 0 fully saturated rings. The van der Waals surface area contributed by atoms with Gasteiger partial charge in [-0.3, -0.25) is 9.36 Å². The molecule has 0 atom stereocenters. The van der Waals surface area contributed by atoms with Crippen molar-refractivity contribution in [3.8, 4) is 11.5 Å². The monoisotopic (exact) mass is 425 g/mol. The number of aryl methyl sites for hydroxylation is 4. The maximum Gasteiger partial charge on any atom is 0.160 e. The Balaban J connectivity index is 0.00000140. The van der Waals surface area contributed by atoms with Gasteiger partial charge in [0.05, 0.1) is 11.4 Å². The first-order valence-corrected chi connectivity index (χ1v) is 9.49. The minimum atomic E-state index is 0. The number of hydrogen-bond donors (Lipinski definition) is 1. The minimum absolute atomic E-state index is 0. The highest BCUT2D eigenvalue weighted by atomic mass is 35.5. The molecule has 28 heavy (non-hydrogen) atoms. The lowest BCUT2D eigenvalue weighted by Gasteiger charge is -2.07. The third kappa shape index (κ3) is 4.26. The molecular weight excluding hydrogens is 397 g/mol. The van der Waals surface area contributed by atoms with Crippen molar-refractivity contribution in [1.82, 2.24) is 34.4 Å². The molecule has 0 radical (unpaired) electrons. The topological polar surface area (TPSA) is 65.5 Å². The van der Waals surface area contributed by atoms with E-state index in [1.54, 1.807) is 0 Å². The van der Waals surface area contributed by atoms with Crippen LogP contribution in [0, 0.1) is 13.8 Å². The molecule has 154 valence electrons. The Hall–Kier alpha value is -1.83. The van der Waals surface area contributed by atoms with Crippen molar-refractivity contribution in [3.63, 3.8) is 0 Å². The van der Waals surface area contributed by atoms with E-state index in [1.165, 1.54) is 17.0 Å². The van der Waals surface area contributed by atoms with Gasteiger partial charge in [0.2, 0.25) is 0 Å². The summed E-state index contributed by atoms with van der Waals surface area (Å²) in [4.78, 5) is 4.58. The zero-order chi connectivity index (χ0) is 18.1. The van der Waals surface area contributed by atoms with E-state index in [9.17, 15) is 0 Å². The number of aromatic nitrogens is 6. The van der Waals surface area contributed by atoms with Crippen LogP contribution >= 0.6 is 24.8 Å². The molecule has 0 unspecified atom stereocenters.